The van der Waals surface area contributed by atoms with E-state index in [1.54, 1.807) is 0 Å². The lowest BCUT2D eigenvalue weighted by molar-refractivity contribution is 0.0883. The highest BCUT2D eigenvalue weighted by molar-refractivity contribution is 4.95. The molecule has 3 heteroatoms. The molecule has 2 fully saturated rings. The summed E-state index contributed by atoms with van der Waals surface area (Å²) in [5, 5.41) is 3.62. The third-order valence-corrected chi connectivity index (χ3v) is 5.49. The van der Waals surface area contributed by atoms with E-state index in [9.17, 15) is 0 Å². The van der Waals surface area contributed by atoms with Crippen LogP contribution in [0.4, 0.5) is 0 Å². The van der Waals surface area contributed by atoms with Gasteiger partial charge in [-0.05, 0) is 58.3 Å². The van der Waals surface area contributed by atoms with Crippen LogP contribution in [-0.4, -0.2) is 62.7 Å². The van der Waals surface area contributed by atoms with Crippen molar-refractivity contribution in [3.05, 3.63) is 0 Å². The van der Waals surface area contributed by atoms with Gasteiger partial charge in [0.1, 0.15) is 0 Å². The molecule has 3 unspecified atom stereocenters. The monoisotopic (exact) mass is 267 g/mol. The van der Waals surface area contributed by atoms with Crippen molar-refractivity contribution in [1.82, 2.24) is 15.1 Å². The molecular weight excluding hydrogens is 234 g/mol. The molecule has 0 aromatic carbocycles. The molecule has 19 heavy (non-hydrogen) atoms. The second-order valence-electron chi connectivity index (χ2n) is 7.57. The summed E-state index contributed by atoms with van der Waals surface area (Å²) in [6.45, 7) is 8.72. The molecular formula is C16H33N3. The van der Waals surface area contributed by atoms with Crippen LogP contribution in [0.1, 0.15) is 39.5 Å². The Kier molecular flexibility index (Phi) is 4.91. The molecule has 1 saturated heterocycles. The topological polar surface area (TPSA) is 18.5 Å². The minimum Gasteiger partial charge on any atom is -0.316 e. The normalized spacial score (nSPS) is 36.0. The second-order valence-corrected chi connectivity index (χ2v) is 7.57. The van der Waals surface area contributed by atoms with E-state index in [0.717, 1.165) is 12.0 Å². The molecule has 3 nitrogen and oxygen atoms in total. The molecule has 1 aliphatic carbocycles. The first-order chi connectivity index (χ1) is 8.94. The van der Waals surface area contributed by atoms with Gasteiger partial charge < -0.3 is 15.1 Å². The molecule has 3 atom stereocenters. The zero-order chi connectivity index (χ0) is 14.0. The van der Waals surface area contributed by atoms with Crippen LogP contribution in [-0.2, 0) is 0 Å². The molecule has 0 spiro atoms. The van der Waals surface area contributed by atoms with Crippen molar-refractivity contribution in [1.29, 1.82) is 0 Å². The molecule has 2 aliphatic rings. The maximum Gasteiger partial charge on any atom is 0.0229 e. The van der Waals surface area contributed by atoms with Gasteiger partial charge in [0.05, 0.1) is 0 Å². The minimum absolute atomic E-state index is 0.457. The zero-order valence-electron chi connectivity index (χ0n) is 13.6. The van der Waals surface area contributed by atoms with Gasteiger partial charge in [0, 0.05) is 25.2 Å². The van der Waals surface area contributed by atoms with Crippen molar-refractivity contribution in [2.45, 2.75) is 51.6 Å². The molecule has 2 rings (SSSR count). The van der Waals surface area contributed by atoms with Crippen LogP contribution in [0.25, 0.3) is 0 Å². The van der Waals surface area contributed by atoms with Crippen LogP contribution in [0.5, 0.6) is 0 Å². The van der Waals surface area contributed by atoms with E-state index in [1.807, 2.05) is 0 Å². The zero-order valence-corrected chi connectivity index (χ0v) is 13.6. The highest BCUT2D eigenvalue weighted by atomic mass is 15.2. The van der Waals surface area contributed by atoms with E-state index in [2.05, 4.69) is 50.1 Å². The molecule has 0 radical (unpaired) electrons. The molecule has 0 amide bonds. The number of likely N-dealkylation sites (tertiary alicyclic amines) is 1. The van der Waals surface area contributed by atoms with Gasteiger partial charge in [-0.1, -0.05) is 20.3 Å². The molecule has 1 saturated carbocycles. The van der Waals surface area contributed by atoms with E-state index in [1.165, 1.54) is 45.3 Å². The van der Waals surface area contributed by atoms with Crippen LogP contribution >= 0.6 is 0 Å². The number of hydrogen-bond acceptors (Lipinski definition) is 3. The first-order valence-corrected chi connectivity index (χ1v) is 8.00. The predicted octanol–water partition coefficient (Wildman–Crippen LogP) is 2.04. The van der Waals surface area contributed by atoms with Gasteiger partial charge in [-0.2, -0.15) is 0 Å². The van der Waals surface area contributed by atoms with Gasteiger partial charge in [-0.15, -0.1) is 0 Å². The Balaban J connectivity index is 1.91. The molecule has 1 N–H and O–H groups in total. The van der Waals surface area contributed by atoms with Crippen LogP contribution in [0.3, 0.4) is 0 Å². The Labute approximate surface area is 119 Å². The molecule has 0 bridgehead atoms. The van der Waals surface area contributed by atoms with Crippen LogP contribution in [0, 0.1) is 11.3 Å². The largest absolute Gasteiger partial charge is 0.316 e. The SMILES string of the molecule is CNC1C(CN2CCC(N(C)C)C2)CCCC1(C)C. The average molecular weight is 267 g/mol. The second kappa shape index (κ2) is 6.11. The summed E-state index contributed by atoms with van der Waals surface area (Å²) >= 11 is 0. The van der Waals surface area contributed by atoms with Crippen molar-refractivity contribution in [2.75, 3.05) is 40.8 Å². The number of likely N-dealkylation sites (N-methyl/N-ethyl adjacent to an activating group) is 1. The number of hydrogen-bond donors (Lipinski definition) is 1. The lowest BCUT2D eigenvalue weighted by Crippen LogP contribution is -2.51. The number of nitrogens with one attached hydrogen (secondary N) is 1. The van der Waals surface area contributed by atoms with E-state index in [-0.39, 0.29) is 0 Å². The summed E-state index contributed by atoms with van der Waals surface area (Å²) in [6.07, 6.45) is 5.52. The lowest BCUT2D eigenvalue weighted by atomic mass is 9.68. The predicted molar refractivity (Wildman–Crippen MR) is 82.5 cm³/mol. The summed E-state index contributed by atoms with van der Waals surface area (Å²) in [5.41, 5.74) is 0.457. The Morgan fingerprint density at radius 1 is 1.26 bits per heavy atom. The third kappa shape index (κ3) is 3.50. The van der Waals surface area contributed by atoms with Gasteiger partial charge in [0.2, 0.25) is 0 Å². The molecule has 1 aliphatic heterocycles. The van der Waals surface area contributed by atoms with Crippen molar-refractivity contribution in [3.8, 4) is 0 Å². The minimum atomic E-state index is 0.457. The highest BCUT2D eigenvalue weighted by Crippen LogP contribution is 2.39. The third-order valence-electron chi connectivity index (χ3n) is 5.49. The first-order valence-electron chi connectivity index (χ1n) is 8.00. The average Bonchev–Trinajstić information content (AvgIpc) is 2.77. The Morgan fingerprint density at radius 2 is 2.00 bits per heavy atom. The number of rotatable bonds is 4. The van der Waals surface area contributed by atoms with E-state index < -0.39 is 0 Å². The number of nitrogens with zero attached hydrogens (tertiary/aromatic N) is 2. The van der Waals surface area contributed by atoms with Crippen molar-refractivity contribution < 1.29 is 0 Å². The Morgan fingerprint density at radius 3 is 2.58 bits per heavy atom. The lowest BCUT2D eigenvalue weighted by Gasteiger charge is -2.45. The van der Waals surface area contributed by atoms with Crippen molar-refractivity contribution >= 4 is 0 Å². The molecule has 1 heterocycles. The fourth-order valence-corrected chi connectivity index (χ4v) is 4.33. The Bertz CT molecular complexity index is 288. The van der Waals surface area contributed by atoms with E-state index >= 15 is 0 Å². The summed E-state index contributed by atoms with van der Waals surface area (Å²) < 4.78 is 0. The first kappa shape index (κ1) is 15.3. The van der Waals surface area contributed by atoms with Gasteiger partial charge >= 0.3 is 0 Å². The molecule has 112 valence electrons. The summed E-state index contributed by atoms with van der Waals surface area (Å²) in [6, 6.07) is 1.45. The maximum atomic E-state index is 3.62. The van der Waals surface area contributed by atoms with Crippen molar-refractivity contribution in [3.63, 3.8) is 0 Å². The standard InChI is InChI=1S/C16H33N3/c1-16(2)9-6-7-13(15(16)17-3)11-19-10-8-14(12-19)18(4)5/h13-15,17H,6-12H2,1-5H3. The fourth-order valence-electron chi connectivity index (χ4n) is 4.33. The summed E-state index contributed by atoms with van der Waals surface area (Å²) in [5.74, 6) is 0.828. The quantitative estimate of drug-likeness (QED) is 0.841. The van der Waals surface area contributed by atoms with E-state index in [4.69, 9.17) is 0 Å². The van der Waals surface area contributed by atoms with Crippen molar-refractivity contribution in [2.24, 2.45) is 11.3 Å². The highest BCUT2D eigenvalue weighted by Gasteiger charge is 2.39. The smallest absolute Gasteiger partial charge is 0.0229 e. The van der Waals surface area contributed by atoms with E-state index in [0.29, 0.717) is 11.5 Å². The van der Waals surface area contributed by atoms with Gasteiger partial charge in [-0.25, -0.2) is 0 Å². The maximum absolute atomic E-state index is 3.62. The van der Waals surface area contributed by atoms with Gasteiger partial charge in [-0.3, -0.25) is 0 Å². The van der Waals surface area contributed by atoms with Gasteiger partial charge in [0.25, 0.3) is 0 Å². The van der Waals surface area contributed by atoms with Gasteiger partial charge in [0.15, 0.2) is 0 Å². The summed E-state index contributed by atoms with van der Waals surface area (Å²) in [7, 11) is 6.58. The van der Waals surface area contributed by atoms with Crippen LogP contribution in [0.2, 0.25) is 0 Å². The fraction of sp³-hybridized carbons (Fsp3) is 1.00. The van der Waals surface area contributed by atoms with Crippen LogP contribution in [0.15, 0.2) is 0 Å². The molecule has 0 aromatic rings. The van der Waals surface area contributed by atoms with Crippen LogP contribution < -0.4 is 5.32 Å². The summed E-state index contributed by atoms with van der Waals surface area (Å²) in [4.78, 5) is 5.08. The Hall–Kier alpha value is -0.120. The molecule has 0 aromatic heterocycles.